The average molecular weight is 329 g/mol. The number of aromatic nitrogens is 3. The zero-order chi connectivity index (χ0) is 16.1. The van der Waals surface area contributed by atoms with Crippen molar-refractivity contribution in [2.45, 2.75) is 18.5 Å². The molecule has 1 aliphatic heterocycles. The number of nitrogens with zero attached hydrogens (tertiary/aromatic N) is 3. The van der Waals surface area contributed by atoms with E-state index in [1.54, 1.807) is 24.0 Å². The van der Waals surface area contributed by atoms with Crippen LogP contribution in [0.15, 0.2) is 35.6 Å². The van der Waals surface area contributed by atoms with Crippen LogP contribution in [0.2, 0.25) is 0 Å². The third kappa shape index (κ3) is 2.20. The first-order valence-electron chi connectivity index (χ1n) is 7.49. The Hall–Kier alpha value is -2.08. The molecule has 0 saturated carbocycles. The Balaban J connectivity index is 1.78. The number of thioether (sulfide) groups is 1. The van der Waals surface area contributed by atoms with Crippen molar-refractivity contribution in [3.63, 3.8) is 0 Å². The van der Waals surface area contributed by atoms with E-state index in [-0.39, 0.29) is 17.5 Å². The lowest BCUT2D eigenvalue weighted by atomic mass is 9.98. The van der Waals surface area contributed by atoms with Crippen LogP contribution in [0.1, 0.15) is 16.2 Å². The molecule has 0 aliphatic carbocycles. The lowest BCUT2D eigenvalue weighted by molar-refractivity contribution is 0.0916. The number of hydrogen-bond donors (Lipinski definition) is 0. The molecule has 0 bridgehead atoms. The molecule has 118 valence electrons. The molecule has 0 N–H and O–H groups in total. The minimum Gasteiger partial charge on any atom is -0.338 e. The molecule has 23 heavy (non-hydrogen) atoms. The van der Waals surface area contributed by atoms with E-state index in [2.05, 4.69) is 4.98 Å². The molecular weight excluding hydrogens is 313 g/mol. The summed E-state index contributed by atoms with van der Waals surface area (Å²) in [5.74, 6) is 1.42. The molecule has 0 radical (unpaired) electrons. The van der Waals surface area contributed by atoms with E-state index in [1.165, 1.54) is 12.1 Å². The number of carbonyl (C=O) groups is 1. The molecule has 0 saturated heterocycles. The summed E-state index contributed by atoms with van der Waals surface area (Å²) in [6, 6.07) is 4.63. The lowest BCUT2D eigenvalue weighted by Crippen LogP contribution is -2.27. The van der Waals surface area contributed by atoms with Gasteiger partial charge in [0.05, 0.1) is 16.1 Å². The molecule has 0 fully saturated rings. The summed E-state index contributed by atoms with van der Waals surface area (Å²) in [6.45, 7) is 2.57. The van der Waals surface area contributed by atoms with Crippen molar-refractivity contribution in [2.75, 3.05) is 5.75 Å². The molecule has 0 amide bonds. The normalized spacial score (nSPS) is 17.7. The third-order valence-electron chi connectivity index (χ3n) is 4.49. The van der Waals surface area contributed by atoms with E-state index in [0.717, 1.165) is 33.1 Å². The molecule has 0 spiro atoms. The van der Waals surface area contributed by atoms with Crippen LogP contribution in [0, 0.1) is 18.7 Å². The average Bonchev–Trinajstić information content (AvgIpc) is 3.05. The smallest absolute Gasteiger partial charge is 0.171 e. The van der Waals surface area contributed by atoms with E-state index in [0.29, 0.717) is 6.54 Å². The summed E-state index contributed by atoms with van der Waals surface area (Å²) in [5, 5.41) is 1.78. The molecule has 1 atom stereocenters. The van der Waals surface area contributed by atoms with Gasteiger partial charge >= 0.3 is 0 Å². The number of hydrogen-bond acceptors (Lipinski definition) is 3. The third-order valence-corrected chi connectivity index (χ3v) is 5.81. The Morgan fingerprint density at radius 2 is 2.26 bits per heavy atom. The summed E-state index contributed by atoms with van der Waals surface area (Å²) in [6.07, 6.45) is 3.66. The van der Waals surface area contributed by atoms with Crippen LogP contribution in [-0.4, -0.2) is 25.7 Å². The number of fused-ring (bicyclic) bond motifs is 3. The largest absolute Gasteiger partial charge is 0.338 e. The van der Waals surface area contributed by atoms with E-state index >= 15 is 0 Å². The van der Waals surface area contributed by atoms with Crippen molar-refractivity contribution in [1.29, 1.82) is 0 Å². The predicted molar refractivity (Wildman–Crippen MR) is 88.4 cm³/mol. The topological polar surface area (TPSA) is 39.8 Å². The van der Waals surface area contributed by atoms with Crippen molar-refractivity contribution in [3.05, 3.63) is 47.8 Å². The zero-order valence-electron chi connectivity index (χ0n) is 12.9. The van der Waals surface area contributed by atoms with Gasteiger partial charge in [0.2, 0.25) is 0 Å². The Bertz CT molecular complexity index is 927. The van der Waals surface area contributed by atoms with Gasteiger partial charge in [-0.25, -0.2) is 9.37 Å². The van der Waals surface area contributed by atoms with Crippen molar-refractivity contribution >= 4 is 28.4 Å². The second-order valence-electron chi connectivity index (χ2n) is 5.90. The fraction of sp³-hybridized carbons (Fsp3) is 0.294. The van der Waals surface area contributed by atoms with Gasteiger partial charge in [0.15, 0.2) is 5.78 Å². The summed E-state index contributed by atoms with van der Waals surface area (Å²) in [7, 11) is 1.89. The van der Waals surface area contributed by atoms with Crippen molar-refractivity contribution in [1.82, 2.24) is 14.1 Å². The highest BCUT2D eigenvalue weighted by Crippen LogP contribution is 2.39. The van der Waals surface area contributed by atoms with Gasteiger partial charge in [-0.1, -0.05) is 0 Å². The van der Waals surface area contributed by atoms with Crippen LogP contribution in [0.25, 0.3) is 10.9 Å². The van der Waals surface area contributed by atoms with E-state index in [1.807, 2.05) is 29.3 Å². The van der Waals surface area contributed by atoms with Gasteiger partial charge in [-0.3, -0.25) is 4.79 Å². The lowest BCUT2D eigenvalue weighted by Gasteiger charge is -2.22. The predicted octanol–water partition coefficient (Wildman–Crippen LogP) is 3.43. The van der Waals surface area contributed by atoms with Crippen molar-refractivity contribution < 1.29 is 9.18 Å². The molecule has 1 aromatic carbocycles. The molecule has 3 heterocycles. The second-order valence-corrected chi connectivity index (χ2v) is 6.91. The maximum absolute atomic E-state index is 13.5. The molecule has 4 rings (SSSR count). The first kappa shape index (κ1) is 14.5. The number of rotatable bonds is 2. The molecule has 3 aromatic rings. The number of Topliss-reactive ketones (excluding diaryl/α,β-unsaturated/α-hetero) is 1. The Kier molecular flexibility index (Phi) is 3.30. The maximum Gasteiger partial charge on any atom is 0.171 e. The highest BCUT2D eigenvalue weighted by molar-refractivity contribution is 7.99. The van der Waals surface area contributed by atoms with E-state index in [9.17, 15) is 9.18 Å². The maximum atomic E-state index is 13.5. The van der Waals surface area contributed by atoms with Crippen LogP contribution in [-0.2, 0) is 13.6 Å². The molecule has 2 aromatic heterocycles. The van der Waals surface area contributed by atoms with Crippen LogP contribution in [0.3, 0.4) is 0 Å². The minimum atomic E-state index is -0.279. The molecular formula is C17H16FN3OS. The van der Waals surface area contributed by atoms with Crippen LogP contribution in [0.5, 0.6) is 0 Å². The van der Waals surface area contributed by atoms with E-state index in [4.69, 9.17) is 0 Å². The van der Waals surface area contributed by atoms with Gasteiger partial charge in [0.1, 0.15) is 11.6 Å². The van der Waals surface area contributed by atoms with Gasteiger partial charge < -0.3 is 9.13 Å². The quantitative estimate of drug-likeness (QED) is 0.723. The molecule has 1 unspecified atom stereocenters. The van der Waals surface area contributed by atoms with Gasteiger partial charge in [-0.15, -0.1) is 11.8 Å². The Morgan fingerprint density at radius 1 is 1.43 bits per heavy atom. The number of halogens is 1. The van der Waals surface area contributed by atoms with E-state index < -0.39 is 0 Å². The number of carbonyl (C=O) groups excluding carboxylic acids is 1. The first-order valence-corrected chi connectivity index (χ1v) is 8.47. The van der Waals surface area contributed by atoms with Crippen LogP contribution in [0.4, 0.5) is 4.39 Å². The minimum absolute atomic E-state index is 0.0870. The highest BCUT2D eigenvalue weighted by Gasteiger charge is 2.33. The van der Waals surface area contributed by atoms with Crippen LogP contribution < -0.4 is 0 Å². The monoisotopic (exact) mass is 329 g/mol. The van der Waals surface area contributed by atoms with Gasteiger partial charge in [0.25, 0.3) is 0 Å². The summed E-state index contributed by atoms with van der Waals surface area (Å²) in [5.41, 5.74) is 1.51. The zero-order valence-corrected chi connectivity index (χ0v) is 13.7. The standard InChI is InChI=1S/C17H16FN3OS/c1-10-19-5-6-21(10)8-11-9-23-17-15(16(11)22)13-4-3-12(18)7-14(13)20(17)2/h3-7,11H,8-9H2,1-2H3. The summed E-state index contributed by atoms with van der Waals surface area (Å²) >= 11 is 1.67. The highest BCUT2D eigenvalue weighted by atomic mass is 32.2. The first-order chi connectivity index (χ1) is 11.1. The molecule has 1 aliphatic rings. The van der Waals surface area contributed by atoms with Crippen molar-refractivity contribution in [3.8, 4) is 0 Å². The number of aryl methyl sites for hydroxylation is 2. The SMILES string of the molecule is Cc1nccn1CC1CSc2c(c3ccc(F)cc3n2C)C1=O. The summed E-state index contributed by atoms with van der Waals surface area (Å²) < 4.78 is 17.5. The second kappa shape index (κ2) is 5.23. The number of benzene rings is 1. The Morgan fingerprint density at radius 3 is 3.00 bits per heavy atom. The number of imidazole rings is 1. The van der Waals surface area contributed by atoms with Crippen LogP contribution >= 0.6 is 11.8 Å². The number of ketones is 1. The van der Waals surface area contributed by atoms with Gasteiger partial charge in [0, 0.05) is 43.0 Å². The van der Waals surface area contributed by atoms with Crippen molar-refractivity contribution in [2.24, 2.45) is 13.0 Å². The van der Waals surface area contributed by atoms with Gasteiger partial charge in [-0.2, -0.15) is 0 Å². The summed E-state index contributed by atoms with van der Waals surface area (Å²) in [4.78, 5) is 17.2. The Labute approximate surface area is 137 Å². The molecule has 6 heteroatoms. The fourth-order valence-corrected chi connectivity index (χ4v) is 4.48. The fourth-order valence-electron chi connectivity index (χ4n) is 3.22. The molecule has 4 nitrogen and oxygen atoms in total. The van der Waals surface area contributed by atoms with Gasteiger partial charge in [-0.05, 0) is 25.1 Å².